The van der Waals surface area contributed by atoms with Crippen LogP contribution in [0, 0.1) is 29.8 Å². The van der Waals surface area contributed by atoms with Gasteiger partial charge in [0.1, 0.15) is 11.5 Å². The zero-order chi connectivity index (χ0) is 14.7. The quantitative estimate of drug-likeness (QED) is 0.677. The number of aromatic nitrogens is 1. The highest BCUT2D eigenvalue weighted by atomic mass is 32.1. The number of aryl methyl sites for hydroxylation is 2. The van der Waals surface area contributed by atoms with Gasteiger partial charge in [0, 0.05) is 18.3 Å². The fourth-order valence-corrected chi connectivity index (χ4v) is 2.46. The molecule has 0 unspecified atom stereocenters. The number of nitro groups is 1. The zero-order valence-corrected chi connectivity index (χ0v) is 12.0. The maximum absolute atomic E-state index is 13.4. The number of nitrogens with zero attached hydrogens (tertiary/aromatic N) is 2. The molecule has 106 valence electrons. The Morgan fingerprint density at radius 2 is 2.20 bits per heavy atom. The third kappa shape index (κ3) is 3.30. The van der Waals surface area contributed by atoms with Crippen molar-refractivity contribution in [2.45, 2.75) is 20.3 Å². The minimum atomic E-state index is -0.585. The number of hydrogen-bond acceptors (Lipinski definition) is 5. The monoisotopic (exact) mass is 295 g/mol. The van der Waals surface area contributed by atoms with Crippen molar-refractivity contribution < 1.29 is 9.31 Å². The van der Waals surface area contributed by atoms with Crippen molar-refractivity contribution in [3.63, 3.8) is 0 Å². The molecule has 0 bridgehead atoms. The molecule has 0 saturated heterocycles. The third-order valence-corrected chi connectivity index (χ3v) is 3.66. The topological polar surface area (TPSA) is 68.1 Å². The molecular formula is C13H14FN3O2S. The minimum Gasteiger partial charge on any atom is -0.379 e. The molecule has 7 heteroatoms. The summed E-state index contributed by atoms with van der Waals surface area (Å²) < 4.78 is 13.4. The van der Waals surface area contributed by atoms with Gasteiger partial charge < -0.3 is 5.32 Å². The maximum atomic E-state index is 13.4. The molecule has 0 fully saturated rings. The molecule has 0 atom stereocenters. The van der Waals surface area contributed by atoms with Gasteiger partial charge in [-0.2, -0.15) is 0 Å². The van der Waals surface area contributed by atoms with Gasteiger partial charge in [0.2, 0.25) is 0 Å². The summed E-state index contributed by atoms with van der Waals surface area (Å²) in [6.07, 6.45) is 0.665. The predicted octanol–water partition coefficient (Wildman–Crippen LogP) is 3.46. The summed E-state index contributed by atoms with van der Waals surface area (Å²) in [7, 11) is 0. The Bertz CT molecular complexity index is 643. The Hall–Kier alpha value is -2.02. The minimum absolute atomic E-state index is 0.248. The highest BCUT2D eigenvalue weighted by Gasteiger charge is 2.16. The maximum Gasteiger partial charge on any atom is 0.295 e. The first kappa shape index (κ1) is 14.4. The Kier molecular flexibility index (Phi) is 4.29. The van der Waals surface area contributed by atoms with Gasteiger partial charge in [-0.25, -0.2) is 9.37 Å². The summed E-state index contributed by atoms with van der Waals surface area (Å²) in [5.74, 6) is -0.572. The SMILES string of the molecule is Cc1nc(CCNc2cc(C)c(F)cc2[N+](=O)[O-])cs1. The van der Waals surface area contributed by atoms with E-state index in [-0.39, 0.29) is 5.69 Å². The summed E-state index contributed by atoms with van der Waals surface area (Å²) in [6, 6.07) is 2.41. The normalized spacial score (nSPS) is 10.6. The van der Waals surface area contributed by atoms with E-state index in [9.17, 15) is 14.5 Å². The largest absolute Gasteiger partial charge is 0.379 e. The average Bonchev–Trinajstić information content (AvgIpc) is 2.79. The molecule has 0 aliphatic carbocycles. The summed E-state index contributed by atoms with van der Waals surface area (Å²) >= 11 is 1.57. The first-order valence-corrected chi connectivity index (χ1v) is 6.94. The van der Waals surface area contributed by atoms with Crippen LogP contribution in [-0.2, 0) is 6.42 Å². The molecule has 1 aromatic heterocycles. The van der Waals surface area contributed by atoms with Gasteiger partial charge in [-0.05, 0) is 25.5 Å². The molecule has 1 aromatic carbocycles. The highest BCUT2D eigenvalue weighted by Crippen LogP contribution is 2.27. The van der Waals surface area contributed by atoms with E-state index in [0.29, 0.717) is 24.2 Å². The van der Waals surface area contributed by atoms with Gasteiger partial charge in [0.15, 0.2) is 0 Å². The van der Waals surface area contributed by atoms with Gasteiger partial charge >= 0.3 is 0 Å². The van der Waals surface area contributed by atoms with Crippen LogP contribution in [0.3, 0.4) is 0 Å². The molecule has 1 heterocycles. The Labute approximate surface area is 119 Å². The molecule has 0 saturated carbocycles. The smallest absolute Gasteiger partial charge is 0.295 e. The summed E-state index contributed by atoms with van der Waals surface area (Å²) in [6.45, 7) is 4.01. The first-order valence-electron chi connectivity index (χ1n) is 6.07. The fraction of sp³-hybridized carbons (Fsp3) is 0.308. The van der Waals surface area contributed by atoms with Crippen molar-refractivity contribution in [1.29, 1.82) is 0 Å². The lowest BCUT2D eigenvalue weighted by Gasteiger charge is -2.08. The number of halogens is 1. The average molecular weight is 295 g/mol. The predicted molar refractivity (Wildman–Crippen MR) is 76.8 cm³/mol. The number of rotatable bonds is 5. The van der Waals surface area contributed by atoms with Crippen molar-refractivity contribution in [3.05, 3.63) is 49.7 Å². The number of benzene rings is 1. The standard InChI is InChI=1S/C13H14FN3O2S/c1-8-5-12(13(17(18)19)6-11(8)14)15-4-3-10-7-20-9(2)16-10/h5-7,15H,3-4H2,1-2H3. The van der Waals surface area contributed by atoms with Crippen LogP contribution in [0.4, 0.5) is 15.8 Å². The van der Waals surface area contributed by atoms with E-state index in [1.54, 1.807) is 18.3 Å². The Morgan fingerprint density at radius 3 is 2.80 bits per heavy atom. The van der Waals surface area contributed by atoms with Gasteiger partial charge in [-0.15, -0.1) is 11.3 Å². The Balaban J connectivity index is 2.08. The van der Waals surface area contributed by atoms with Crippen molar-refractivity contribution in [2.75, 3.05) is 11.9 Å². The van der Waals surface area contributed by atoms with E-state index in [2.05, 4.69) is 10.3 Å². The zero-order valence-electron chi connectivity index (χ0n) is 11.1. The summed E-state index contributed by atoms with van der Waals surface area (Å²) in [5.41, 5.74) is 1.41. The number of nitro benzene ring substituents is 1. The van der Waals surface area contributed by atoms with Crippen LogP contribution in [0.1, 0.15) is 16.3 Å². The molecule has 2 aromatic rings. The van der Waals surface area contributed by atoms with Gasteiger partial charge in [0.05, 0.1) is 21.7 Å². The number of hydrogen-bond donors (Lipinski definition) is 1. The van der Waals surface area contributed by atoms with Crippen molar-refractivity contribution in [1.82, 2.24) is 4.98 Å². The van der Waals surface area contributed by atoms with Gasteiger partial charge in [0.25, 0.3) is 5.69 Å². The second-order valence-electron chi connectivity index (χ2n) is 4.41. The van der Waals surface area contributed by atoms with Gasteiger partial charge in [-0.3, -0.25) is 10.1 Å². The van der Waals surface area contributed by atoms with E-state index in [0.717, 1.165) is 16.8 Å². The van der Waals surface area contributed by atoms with Crippen LogP contribution in [0.2, 0.25) is 0 Å². The van der Waals surface area contributed by atoms with Crippen LogP contribution >= 0.6 is 11.3 Å². The highest BCUT2D eigenvalue weighted by molar-refractivity contribution is 7.09. The van der Waals surface area contributed by atoms with E-state index in [4.69, 9.17) is 0 Å². The number of anilines is 1. The fourth-order valence-electron chi connectivity index (χ4n) is 1.81. The van der Waals surface area contributed by atoms with E-state index >= 15 is 0 Å². The molecule has 0 amide bonds. The van der Waals surface area contributed by atoms with Crippen LogP contribution in [0.25, 0.3) is 0 Å². The summed E-state index contributed by atoms with van der Waals surface area (Å²) in [5, 5.41) is 16.8. The molecule has 1 N–H and O–H groups in total. The van der Waals surface area contributed by atoms with Crippen LogP contribution in [0.5, 0.6) is 0 Å². The van der Waals surface area contributed by atoms with E-state index < -0.39 is 10.7 Å². The Morgan fingerprint density at radius 1 is 1.45 bits per heavy atom. The van der Waals surface area contributed by atoms with Crippen molar-refractivity contribution >= 4 is 22.7 Å². The molecule has 0 aliphatic heterocycles. The number of nitrogens with one attached hydrogen (secondary N) is 1. The molecule has 20 heavy (non-hydrogen) atoms. The van der Waals surface area contributed by atoms with Crippen LogP contribution < -0.4 is 5.32 Å². The second kappa shape index (κ2) is 5.96. The molecule has 0 aliphatic rings. The van der Waals surface area contributed by atoms with Crippen molar-refractivity contribution in [2.24, 2.45) is 0 Å². The van der Waals surface area contributed by atoms with E-state index in [1.165, 1.54) is 6.07 Å². The molecule has 2 rings (SSSR count). The van der Waals surface area contributed by atoms with Crippen molar-refractivity contribution in [3.8, 4) is 0 Å². The van der Waals surface area contributed by atoms with Gasteiger partial charge in [-0.1, -0.05) is 0 Å². The van der Waals surface area contributed by atoms with E-state index in [1.807, 2.05) is 12.3 Å². The molecule has 5 nitrogen and oxygen atoms in total. The first-order chi connectivity index (χ1) is 9.47. The second-order valence-corrected chi connectivity index (χ2v) is 5.47. The lowest BCUT2D eigenvalue weighted by Crippen LogP contribution is -2.08. The van der Waals surface area contributed by atoms with Crippen LogP contribution in [0.15, 0.2) is 17.5 Å². The summed E-state index contributed by atoms with van der Waals surface area (Å²) in [4.78, 5) is 14.6. The molecule has 0 spiro atoms. The number of thiazole rings is 1. The lowest BCUT2D eigenvalue weighted by atomic mass is 10.1. The molecular weight excluding hydrogens is 281 g/mol. The molecule has 0 radical (unpaired) electrons. The van der Waals surface area contributed by atoms with Crippen LogP contribution in [-0.4, -0.2) is 16.5 Å². The lowest BCUT2D eigenvalue weighted by molar-refractivity contribution is -0.384. The third-order valence-electron chi connectivity index (χ3n) is 2.84.